The summed E-state index contributed by atoms with van der Waals surface area (Å²) >= 11 is 0. The minimum absolute atomic E-state index is 0.304. The lowest BCUT2D eigenvalue weighted by Gasteiger charge is -2.31. The van der Waals surface area contributed by atoms with Gasteiger partial charge in [0.15, 0.2) is 5.82 Å². The molecule has 1 aliphatic rings. The summed E-state index contributed by atoms with van der Waals surface area (Å²) in [5.41, 5.74) is 1.31. The second-order valence-corrected chi connectivity index (χ2v) is 6.70. The lowest BCUT2D eigenvalue weighted by Crippen LogP contribution is -2.38. The molecule has 0 saturated carbocycles. The fourth-order valence-corrected chi connectivity index (χ4v) is 3.37. The summed E-state index contributed by atoms with van der Waals surface area (Å²) in [6.07, 6.45) is 5.59. The van der Waals surface area contributed by atoms with Gasteiger partial charge in [-0.1, -0.05) is 30.3 Å². The normalized spacial score (nSPS) is 15.6. The predicted octanol–water partition coefficient (Wildman–Crippen LogP) is 2.92. The number of nitrogens with zero attached hydrogens (tertiary/aromatic N) is 3. The highest BCUT2D eigenvalue weighted by atomic mass is 16.2. The molecule has 2 heterocycles. The number of H-pyrrole nitrogens is 1. The van der Waals surface area contributed by atoms with Crippen LogP contribution in [0.2, 0.25) is 0 Å². The second-order valence-electron chi connectivity index (χ2n) is 6.70. The monoisotopic (exact) mass is 326 g/mol. The third kappa shape index (κ3) is 4.66. The van der Waals surface area contributed by atoms with Crippen LogP contribution in [0.15, 0.2) is 30.3 Å². The molecule has 0 spiro atoms. The fourth-order valence-electron chi connectivity index (χ4n) is 3.37. The molecule has 0 unspecified atom stereocenters. The van der Waals surface area contributed by atoms with Crippen molar-refractivity contribution in [2.24, 2.45) is 5.92 Å². The van der Waals surface area contributed by atoms with E-state index in [9.17, 15) is 4.79 Å². The van der Waals surface area contributed by atoms with Gasteiger partial charge in [-0.25, -0.2) is 4.98 Å². The van der Waals surface area contributed by atoms with Gasteiger partial charge in [-0.15, -0.1) is 0 Å². The maximum absolute atomic E-state index is 12.4. The van der Waals surface area contributed by atoms with E-state index in [1.165, 1.54) is 5.56 Å². The molecule has 5 heteroatoms. The summed E-state index contributed by atoms with van der Waals surface area (Å²) in [4.78, 5) is 18.8. The number of likely N-dealkylation sites (tertiary alicyclic amines) is 1. The zero-order valence-corrected chi connectivity index (χ0v) is 14.4. The van der Waals surface area contributed by atoms with Crippen molar-refractivity contribution in [3.8, 4) is 0 Å². The number of hydrogen-bond donors (Lipinski definition) is 1. The number of carbonyl (C=O) groups excluding carboxylic acids is 1. The Morgan fingerprint density at radius 1 is 1.25 bits per heavy atom. The molecule has 1 aromatic carbocycles. The SMILES string of the molecule is Cc1nc(CC2CCN(C(=O)CCCc3ccccc3)CC2)n[nH]1. The molecular weight excluding hydrogens is 300 g/mol. The van der Waals surface area contributed by atoms with Crippen LogP contribution in [0, 0.1) is 12.8 Å². The van der Waals surface area contributed by atoms with Gasteiger partial charge in [-0.3, -0.25) is 9.89 Å². The topological polar surface area (TPSA) is 61.9 Å². The Balaban J connectivity index is 1.37. The van der Waals surface area contributed by atoms with Crippen LogP contribution in [0.25, 0.3) is 0 Å². The van der Waals surface area contributed by atoms with Crippen LogP contribution in [0.5, 0.6) is 0 Å². The van der Waals surface area contributed by atoms with Gasteiger partial charge >= 0.3 is 0 Å². The first-order chi connectivity index (χ1) is 11.7. The Morgan fingerprint density at radius 3 is 2.67 bits per heavy atom. The summed E-state index contributed by atoms with van der Waals surface area (Å²) in [5.74, 6) is 2.67. The second kappa shape index (κ2) is 8.08. The Bertz CT molecular complexity index is 644. The van der Waals surface area contributed by atoms with E-state index < -0.39 is 0 Å². The smallest absolute Gasteiger partial charge is 0.222 e. The zero-order chi connectivity index (χ0) is 16.8. The number of amides is 1. The number of carbonyl (C=O) groups is 1. The Morgan fingerprint density at radius 2 is 2.00 bits per heavy atom. The summed E-state index contributed by atoms with van der Waals surface area (Å²) in [6, 6.07) is 10.4. The number of aryl methyl sites for hydroxylation is 2. The molecule has 24 heavy (non-hydrogen) atoms. The van der Waals surface area contributed by atoms with Gasteiger partial charge in [-0.2, -0.15) is 5.10 Å². The van der Waals surface area contributed by atoms with Crippen LogP contribution in [0.3, 0.4) is 0 Å². The Kier molecular flexibility index (Phi) is 5.62. The minimum Gasteiger partial charge on any atom is -0.343 e. The van der Waals surface area contributed by atoms with Gasteiger partial charge in [0.25, 0.3) is 0 Å². The number of benzene rings is 1. The Labute approximate surface area is 143 Å². The number of rotatable bonds is 6. The molecule has 1 amide bonds. The van der Waals surface area contributed by atoms with Gasteiger partial charge in [0, 0.05) is 25.9 Å². The number of aromatic nitrogens is 3. The number of hydrogen-bond acceptors (Lipinski definition) is 3. The van der Waals surface area contributed by atoms with E-state index in [1.54, 1.807) is 0 Å². The van der Waals surface area contributed by atoms with Crippen LogP contribution in [-0.2, 0) is 17.6 Å². The van der Waals surface area contributed by atoms with Crippen molar-refractivity contribution < 1.29 is 4.79 Å². The van der Waals surface area contributed by atoms with E-state index in [4.69, 9.17) is 0 Å². The summed E-state index contributed by atoms with van der Waals surface area (Å²) < 4.78 is 0. The van der Waals surface area contributed by atoms with Crippen LogP contribution >= 0.6 is 0 Å². The van der Waals surface area contributed by atoms with Crippen molar-refractivity contribution in [1.82, 2.24) is 20.1 Å². The molecule has 0 atom stereocenters. The molecule has 1 fully saturated rings. The van der Waals surface area contributed by atoms with E-state index in [1.807, 2.05) is 17.9 Å². The zero-order valence-electron chi connectivity index (χ0n) is 14.4. The van der Waals surface area contributed by atoms with Gasteiger partial charge in [0.2, 0.25) is 5.91 Å². The van der Waals surface area contributed by atoms with Crippen molar-refractivity contribution in [3.63, 3.8) is 0 Å². The van der Waals surface area contributed by atoms with Crippen molar-refractivity contribution >= 4 is 5.91 Å². The predicted molar refractivity (Wildman–Crippen MR) is 93.5 cm³/mol. The number of nitrogens with one attached hydrogen (secondary N) is 1. The third-order valence-corrected chi connectivity index (χ3v) is 4.78. The lowest BCUT2D eigenvalue weighted by atomic mass is 9.93. The minimum atomic E-state index is 0.304. The molecule has 1 aromatic heterocycles. The van der Waals surface area contributed by atoms with Crippen molar-refractivity contribution in [2.75, 3.05) is 13.1 Å². The lowest BCUT2D eigenvalue weighted by molar-refractivity contribution is -0.132. The number of piperidine rings is 1. The van der Waals surface area contributed by atoms with E-state index in [0.29, 0.717) is 18.2 Å². The molecule has 1 saturated heterocycles. The Hall–Kier alpha value is -2.17. The number of aromatic amines is 1. The first kappa shape index (κ1) is 16.7. The van der Waals surface area contributed by atoms with Crippen molar-refractivity contribution in [2.45, 2.75) is 45.4 Å². The molecule has 0 aliphatic carbocycles. The largest absolute Gasteiger partial charge is 0.343 e. The van der Waals surface area contributed by atoms with Crippen molar-refractivity contribution in [1.29, 1.82) is 0 Å². The molecular formula is C19H26N4O. The maximum atomic E-state index is 12.4. The van der Waals surface area contributed by atoms with Crippen LogP contribution in [0.4, 0.5) is 0 Å². The van der Waals surface area contributed by atoms with E-state index >= 15 is 0 Å². The van der Waals surface area contributed by atoms with Crippen LogP contribution in [0.1, 0.15) is 42.9 Å². The molecule has 128 valence electrons. The molecule has 1 N–H and O–H groups in total. The average molecular weight is 326 g/mol. The van der Waals surface area contributed by atoms with Gasteiger partial charge < -0.3 is 4.90 Å². The molecule has 0 radical (unpaired) electrons. The standard InChI is InChI=1S/C19H26N4O/c1-15-20-18(22-21-15)14-17-10-12-23(13-11-17)19(24)9-5-8-16-6-3-2-4-7-16/h2-4,6-7,17H,5,8-14H2,1H3,(H,20,21,22). The summed E-state index contributed by atoms with van der Waals surface area (Å²) in [6.45, 7) is 3.67. The van der Waals surface area contributed by atoms with Crippen LogP contribution < -0.4 is 0 Å². The van der Waals surface area contributed by atoms with E-state index in [-0.39, 0.29) is 0 Å². The van der Waals surface area contributed by atoms with Gasteiger partial charge in [0.1, 0.15) is 5.82 Å². The van der Waals surface area contributed by atoms with Gasteiger partial charge in [0.05, 0.1) is 0 Å². The van der Waals surface area contributed by atoms with Crippen LogP contribution in [-0.4, -0.2) is 39.1 Å². The molecule has 2 aromatic rings. The highest BCUT2D eigenvalue weighted by molar-refractivity contribution is 5.76. The fraction of sp³-hybridized carbons (Fsp3) is 0.526. The highest BCUT2D eigenvalue weighted by Gasteiger charge is 2.23. The molecule has 5 nitrogen and oxygen atoms in total. The summed E-state index contributed by atoms with van der Waals surface area (Å²) in [5, 5.41) is 7.11. The average Bonchev–Trinajstić information content (AvgIpc) is 3.01. The molecule has 0 bridgehead atoms. The molecule has 1 aliphatic heterocycles. The van der Waals surface area contributed by atoms with E-state index in [0.717, 1.165) is 56.8 Å². The van der Waals surface area contributed by atoms with E-state index in [2.05, 4.69) is 39.4 Å². The molecule has 3 rings (SSSR count). The third-order valence-electron chi connectivity index (χ3n) is 4.78. The quantitative estimate of drug-likeness (QED) is 0.888. The first-order valence-electron chi connectivity index (χ1n) is 8.90. The maximum Gasteiger partial charge on any atom is 0.222 e. The summed E-state index contributed by atoms with van der Waals surface area (Å²) in [7, 11) is 0. The first-order valence-corrected chi connectivity index (χ1v) is 8.90. The van der Waals surface area contributed by atoms with Crippen molar-refractivity contribution in [3.05, 3.63) is 47.5 Å². The highest BCUT2D eigenvalue weighted by Crippen LogP contribution is 2.21. The van der Waals surface area contributed by atoms with Gasteiger partial charge in [-0.05, 0) is 44.1 Å².